The number of aryl methyl sites for hydroxylation is 1. The highest BCUT2D eigenvalue weighted by molar-refractivity contribution is 5.79. The zero-order valence-corrected chi connectivity index (χ0v) is 13.3. The average molecular weight is 311 g/mol. The number of hydrogen-bond acceptors (Lipinski definition) is 4. The monoisotopic (exact) mass is 311 g/mol. The van der Waals surface area contributed by atoms with E-state index >= 15 is 0 Å². The third-order valence-electron chi connectivity index (χ3n) is 4.00. The molecular formula is C18H21N3O2. The number of likely N-dealkylation sites (tertiary alicyclic amines) is 1. The Hall–Kier alpha value is -2.43. The number of hydrogen-bond donors (Lipinski definition) is 0. The Kier molecular flexibility index (Phi) is 4.86. The van der Waals surface area contributed by atoms with Gasteiger partial charge in [0.05, 0.1) is 19.2 Å². The molecule has 2 heterocycles. The van der Waals surface area contributed by atoms with Gasteiger partial charge in [0.1, 0.15) is 6.10 Å². The Morgan fingerprint density at radius 2 is 2.30 bits per heavy atom. The Morgan fingerprint density at radius 3 is 3.09 bits per heavy atom. The van der Waals surface area contributed by atoms with Crippen LogP contribution in [0.15, 0.2) is 42.9 Å². The lowest BCUT2D eigenvalue weighted by atomic mass is 10.1. The van der Waals surface area contributed by atoms with E-state index in [0.717, 1.165) is 24.9 Å². The molecule has 0 bridgehead atoms. The van der Waals surface area contributed by atoms with E-state index in [0.29, 0.717) is 18.8 Å². The minimum atomic E-state index is -0.0121. The Labute approximate surface area is 136 Å². The molecule has 120 valence electrons. The van der Waals surface area contributed by atoms with Gasteiger partial charge in [0.15, 0.2) is 0 Å². The van der Waals surface area contributed by atoms with Crippen molar-refractivity contribution in [2.45, 2.75) is 32.3 Å². The first kappa shape index (κ1) is 15.5. The molecule has 1 amide bonds. The van der Waals surface area contributed by atoms with Gasteiger partial charge in [0, 0.05) is 18.9 Å². The van der Waals surface area contributed by atoms with Crippen molar-refractivity contribution in [3.8, 4) is 5.88 Å². The molecule has 0 N–H and O–H groups in total. The molecule has 1 aliphatic rings. The van der Waals surface area contributed by atoms with E-state index in [1.165, 1.54) is 5.56 Å². The maximum absolute atomic E-state index is 12.5. The van der Waals surface area contributed by atoms with Gasteiger partial charge in [-0.3, -0.25) is 9.78 Å². The van der Waals surface area contributed by atoms with E-state index in [4.69, 9.17) is 4.74 Å². The Bertz CT molecular complexity index is 660. The normalized spacial score (nSPS) is 17.8. The molecule has 1 aromatic carbocycles. The van der Waals surface area contributed by atoms with Crippen LogP contribution in [0.1, 0.15) is 24.0 Å². The van der Waals surface area contributed by atoms with E-state index in [2.05, 4.69) is 16.0 Å². The molecule has 0 saturated carbocycles. The fourth-order valence-corrected chi connectivity index (χ4v) is 2.89. The number of benzene rings is 1. The molecule has 0 spiro atoms. The fraction of sp³-hybridized carbons (Fsp3) is 0.389. The molecule has 1 aliphatic heterocycles. The molecule has 1 saturated heterocycles. The predicted octanol–water partition coefficient (Wildman–Crippen LogP) is 2.40. The third kappa shape index (κ3) is 4.28. The van der Waals surface area contributed by atoms with Crippen molar-refractivity contribution < 1.29 is 9.53 Å². The lowest BCUT2D eigenvalue weighted by Crippen LogP contribution is -2.45. The van der Waals surface area contributed by atoms with Crippen LogP contribution in [0.3, 0.4) is 0 Å². The van der Waals surface area contributed by atoms with Crippen molar-refractivity contribution in [2.75, 3.05) is 13.1 Å². The molecule has 0 unspecified atom stereocenters. The number of aromatic nitrogens is 2. The van der Waals surface area contributed by atoms with Gasteiger partial charge in [0.25, 0.3) is 0 Å². The van der Waals surface area contributed by atoms with Crippen molar-refractivity contribution in [2.24, 2.45) is 0 Å². The van der Waals surface area contributed by atoms with Crippen LogP contribution in [0.2, 0.25) is 0 Å². The predicted molar refractivity (Wildman–Crippen MR) is 87.1 cm³/mol. The largest absolute Gasteiger partial charge is 0.471 e. The number of amides is 1. The van der Waals surface area contributed by atoms with Gasteiger partial charge >= 0.3 is 0 Å². The summed E-state index contributed by atoms with van der Waals surface area (Å²) in [5.41, 5.74) is 2.24. The van der Waals surface area contributed by atoms with Crippen LogP contribution in [0.4, 0.5) is 0 Å². The molecule has 1 fully saturated rings. The van der Waals surface area contributed by atoms with Crippen molar-refractivity contribution in [3.05, 3.63) is 54.0 Å². The van der Waals surface area contributed by atoms with Crippen LogP contribution < -0.4 is 4.74 Å². The number of piperidine rings is 1. The lowest BCUT2D eigenvalue weighted by Gasteiger charge is -2.32. The molecular weight excluding hydrogens is 290 g/mol. The first-order chi connectivity index (χ1) is 11.2. The van der Waals surface area contributed by atoms with Crippen LogP contribution in [0.25, 0.3) is 0 Å². The second kappa shape index (κ2) is 7.22. The highest BCUT2D eigenvalue weighted by Crippen LogP contribution is 2.17. The number of carbonyl (C=O) groups excluding carboxylic acids is 1. The molecule has 3 rings (SSSR count). The first-order valence-electron chi connectivity index (χ1n) is 7.97. The molecule has 1 aromatic heterocycles. The SMILES string of the molecule is Cc1cccc(CC(=O)N2CCC[C@H](Oc3cnccn3)C2)c1. The highest BCUT2D eigenvalue weighted by Gasteiger charge is 2.25. The van der Waals surface area contributed by atoms with Crippen LogP contribution in [0, 0.1) is 6.92 Å². The van der Waals surface area contributed by atoms with E-state index in [1.807, 2.05) is 30.0 Å². The number of ether oxygens (including phenoxy) is 1. The summed E-state index contributed by atoms with van der Waals surface area (Å²) >= 11 is 0. The van der Waals surface area contributed by atoms with Gasteiger partial charge in [-0.25, -0.2) is 4.98 Å². The summed E-state index contributed by atoms with van der Waals surface area (Å²) in [5.74, 6) is 0.675. The second-order valence-electron chi connectivity index (χ2n) is 5.93. The van der Waals surface area contributed by atoms with E-state index < -0.39 is 0 Å². The molecule has 0 aliphatic carbocycles. The Balaban J connectivity index is 1.58. The minimum Gasteiger partial charge on any atom is -0.471 e. The van der Waals surface area contributed by atoms with Gasteiger partial charge in [0.2, 0.25) is 11.8 Å². The number of nitrogens with zero attached hydrogens (tertiary/aromatic N) is 3. The summed E-state index contributed by atoms with van der Waals surface area (Å²) < 4.78 is 5.84. The summed E-state index contributed by atoms with van der Waals surface area (Å²) in [6.07, 6.45) is 7.15. The standard InChI is InChI=1S/C18H21N3O2/c1-14-4-2-5-15(10-14)11-18(22)21-9-3-6-16(13-21)23-17-12-19-7-8-20-17/h2,4-5,7-8,10,12,16H,3,6,9,11,13H2,1H3/t16-/m0/s1. The number of rotatable bonds is 4. The maximum atomic E-state index is 12.5. The topological polar surface area (TPSA) is 55.3 Å². The molecule has 23 heavy (non-hydrogen) atoms. The quantitative estimate of drug-likeness (QED) is 0.870. The molecule has 5 heteroatoms. The maximum Gasteiger partial charge on any atom is 0.232 e. The fourth-order valence-electron chi connectivity index (χ4n) is 2.89. The Morgan fingerprint density at radius 1 is 1.39 bits per heavy atom. The van der Waals surface area contributed by atoms with Crippen LogP contribution in [-0.2, 0) is 11.2 Å². The molecule has 1 atom stereocenters. The first-order valence-corrected chi connectivity index (χ1v) is 7.97. The summed E-state index contributed by atoms with van der Waals surface area (Å²) in [6, 6.07) is 8.10. The summed E-state index contributed by atoms with van der Waals surface area (Å²) in [4.78, 5) is 22.5. The van der Waals surface area contributed by atoms with Crippen molar-refractivity contribution in [1.82, 2.24) is 14.9 Å². The van der Waals surface area contributed by atoms with Crippen LogP contribution in [-0.4, -0.2) is 40.0 Å². The van der Waals surface area contributed by atoms with Crippen LogP contribution in [0.5, 0.6) is 5.88 Å². The van der Waals surface area contributed by atoms with E-state index in [9.17, 15) is 4.79 Å². The average Bonchev–Trinajstić information content (AvgIpc) is 2.56. The van der Waals surface area contributed by atoms with Crippen molar-refractivity contribution in [3.63, 3.8) is 0 Å². The van der Waals surface area contributed by atoms with Crippen LogP contribution >= 0.6 is 0 Å². The van der Waals surface area contributed by atoms with Gasteiger partial charge in [-0.1, -0.05) is 29.8 Å². The third-order valence-corrected chi connectivity index (χ3v) is 4.00. The van der Waals surface area contributed by atoms with Crippen molar-refractivity contribution in [1.29, 1.82) is 0 Å². The smallest absolute Gasteiger partial charge is 0.232 e. The zero-order valence-electron chi connectivity index (χ0n) is 13.3. The zero-order chi connectivity index (χ0) is 16.1. The van der Waals surface area contributed by atoms with Gasteiger partial charge in [-0.05, 0) is 25.3 Å². The van der Waals surface area contributed by atoms with E-state index in [1.54, 1.807) is 18.6 Å². The summed E-state index contributed by atoms with van der Waals surface area (Å²) in [6.45, 7) is 3.45. The molecule has 2 aromatic rings. The van der Waals surface area contributed by atoms with Crippen molar-refractivity contribution >= 4 is 5.91 Å². The summed E-state index contributed by atoms with van der Waals surface area (Å²) in [5, 5.41) is 0. The lowest BCUT2D eigenvalue weighted by molar-refractivity contribution is -0.133. The minimum absolute atomic E-state index is 0.0121. The number of carbonyl (C=O) groups is 1. The molecule has 0 radical (unpaired) electrons. The van der Waals surface area contributed by atoms with Gasteiger partial charge in [-0.15, -0.1) is 0 Å². The van der Waals surface area contributed by atoms with E-state index in [-0.39, 0.29) is 12.0 Å². The van der Waals surface area contributed by atoms with Gasteiger partial charge < -0.3 is 9.64 Å². The second-order valence-corrected chi connectivity index (χ2v) is 5.93. The summed E-state index contributed by atoms with van der Waals surface area (Å²) in [7, 11) is 0. The highest BCUT2D eigenvalue weighted by atomic mass is 16.5. The van der Waals surface area contributed by atoms with Gasteiger partial charge in [-0.2, -0.15) is 0 Å². The molecule has 5 nitrogen and oxygen atoms in total.